The number of furan rings is 1. The molecule has 1 aromatic carbocycles. The molecular weight excluding hydrogens is 368 g/mol. The van der Waals surface area contributed by atoms with Crippen LogP contribution >= 0.6 is 0 Å². The van der Waals surface area contributed by atoms with E-state index in [0.29, 0.717) is 34.8 Å². The zero-order valence-corrected chi connectivity index (χ0v) is 16.7. The summed E-state index contributed by atoms with van der Waals surface area (Å²) >= 11 is 0. The summed E-state index contributed by atoms with van der Waals surface area (Å²) in [6.07, 6.45) is 2.42. The number of carbonyl (C=O) groups is 1. The number of amides is 1. The molecule has 5 heterocycles. The lowest BCUT2D eigenvalue weighted by atomic mass is 9.79. The van der Waals surface area contributed by atoms with Crippen molar-refractivity contribution in [2.45, 2.75) is 18.8 Å². The number of hydrogen-bond donors (Lipinski definition) is 0. The van der Waals surface area contributed by atoms with E-state index >= 15 is 0 Å². The van der Waals surface area contributed by atoms with Crippen LogP contribution in [0.4, 0.5) is 0 Å². The van der Waals surface area contributed by atoms with E-state index in [0.717, 1.165) is 17.9 Å². The van der Waals surface area contributed by atoms with Crippen LogP contribution in [-0.4, -0.2) is 59.6 Å². The molecule has 6 rings (SSSR count). The Hall–Kier alpha value is -2.93. The molecule has 3 aromatic rings. The molecule has 3 aliphatic heterocycles. The minimum absolute atomic E-state index is 0.0438. The quantitative estimate of drug-likeness (QED) is 0.676. The predicted molar refractivity (Wildman–Crippen MR) is 107 cm³/mol. The summed E-state index contributed by atoms with van der Waals surface area (Å²) in [5.74, 6) is 3.35. The number of hydrogen-bond acceptors (Lipinski definition) is 6. The largest absolute Gasteiger partial charge is 0.451 e. The second kappa shape index (κ2) is 7.15. The highest BCUT2D eigenvalue weighted by atomic mass is 16.5. The van der Waals surface area contributed by atoms with Crippen LogP contribution in [0.1, 0.15) is 34.9 Å². The van der Waals surface area contributed by atoms with Gasteiger partial charge in [0.15, 0.2) is 11.6 Å². The molecule has 150 valence electrons. The molecule has 0 aliphatic carbocycles. The molecular formula is C22H24N4O3. The Balaban J connectivity index is 1.38. The van der Waals surface area contributed by atoms with Crippen LogP contribution in [0.15, 0.2) is 45.3 Å². The van der Waals surface area contributed by atoms with Gasteiger partial charge in [0.1, 0.15) is 5.76 Å². The van der Waals surface area contributed by atoms with E-state index < -0.39 is 0 Å². The highest BCUT2D eigenvalue weighted by Crippen LogP contribution is 2.38. The summed E-state index contributed by atoms with van der Waals surface area (Å²) < 4.78 is 11.5. The van der Waals surface area contributed by atoms with Gasteiger partial charge in [0.05, 0.1) is 0 Å². The molecule has 1 amide bonds. The molecule has 2 aromatic heterocycles. The van der Waals surface area contributed by atoms with Crippen molar-refractivity contribution in [3.05, 3.63) is 47.8 Å². The molecule has 3 aliphatic rings. The van der Waals surface area contributed by atoms with Crippen molar-refractivity contribution in [2.24, 2.45) is 5.92 Å². The Kier molecular flexibility index (Phi) is 4.47. The molecule has 1 atom stereocenters. The Morgan fingerprint density at radius 1 is 1.14 bits per heavy atom. The first kappa shape index (κ1) is 18.1. The Bertz CT molecular complexity index is 1030. The first-order valence-electron chi connectivity index (χ1n) is 10.1. The smallest absolute Gasteiger partial charge is 0.293 e. The maximum atomic E-state index is 12.2. The van der Waals surface area contributed by atoms with Gasteiger partial charge in [-0.05, 0) is 56.1 Å². The van der Waals surface area contributed by atoms with Crippen LogP contribution in [0, 0.1) is 5.92 Å². The van der Waals surface area contributed by atoms with Crippen molar-refractivity contribution < 1.29 is 13.7 Å². The van der Waals surface area contributed by atoms with E-state index in [1.165, 1.54) is 25.9 Å². The van der Waals surface area contributed by atoms with Crippen molar-refractivity contribution in [1.29, 1.82) is 0 Å². The Morgan fingerprint density at radius 2 is 1.93 bits per heavy atom. The lowest BCUT2D eigenvalue weighted by molar-refractivity contribution is 0.0825. The van der Waals surface area contributed by atoms with Crippen LogP contribution in [0.5, 0.6) is 0 Å². The Labute approximate surface area is 169 Å². The maximum Gasteiger partial charge on any atom is 0.293 e. The maximum absolute atomic E-state index is 12.2. The van der Waals surface area contributed by atoms with Crippen LogP contribution in [-0.2, 0) is 0 Å². The van der Waals surface area contributed by atoms with E-state index in [-0.39, 0.29) is 5.91 Å². The van der Waals surface area contributed by atoms with Gasteiger partial charge in [0, 0.05) is 37.7 Å². The van der Waals surface area contributed by atoms with Crippen molar-refractivity contribution in [3.63, 3.8) is 0 Å². The molecule has 0 N–H and O–H groups in total. The standard InChI is InChI=1S/C22H24N4O3/c1-25(2)22(27)16-5-3-4-15(12-16)18-6-7-19(28-18)21-23-20(24-29-21)17-13-26-10-8-14(17)9-11-26/h3-7,12,14,17H,8-11,13H2,1-2H3. The fourth-order valence-corrected chi connectivity index (χ4v) is 4.41. The average molecular weight is 392 g/mol. The summed E-state index contributed by atoms with van der Waals surface area (Å²) in [5, 5.41) is 4.25. The molecule has 3 saturated heterocycles. The van der Waals surface area contributed by atoms with E-state index in [1.54, 1.807) is 25.1 Å². The van der Waals surface area contributed by atoms with Gasteiger partial charge in [-0.25, -0.2) is 0 Å². The van der Waals surface area contributed by atoms with Gasteiger partial charge in [-0.3, -0.25) is 4.79 Å². The second-order valence-corrected chi connectivity index (χ2v) is 8.15. The van der Waals surface area contributed by atoms with E-state index in [9.17, 15) is 4.79 Å². The van der Waals surface area contributed by atoms with Crippen LogP contribution in [0.25, 0.3) is 23.0 Å². The number of aromatic nitrogens is 2. The zero-order chi connectivity index (χ0) is 20.0. The summed E-state index contributed by atoms with van der Waals surface area (Å²) in [6.45, 7) is 3.38. The number of carbonyl (C=O) groups excluding carboxylic acids is 1. The van der Waals surface area contributed by atoms with E-state index in [1.807, 2.05) is 30.3 Å². The molecule has 0 saturated carbocycles. The number of benzene rings is 1. The topological polar surface area (TPSA) is 75.6 Å². The van der Waals surface area contributed by atoms with Crippen molar-refractivity contribution in [3.8, 4) is 23.0 Å². The van der Waals surface area contributed by atoms with Crippen molar-refractivity contribution in [2.75, 3.05) is 33.7 Å². The first-order valence-corrected chi connectivity index (χ1v) is 10.1. The third-order valence-electron chi connectivity index (χ3n) is 6.05. The molecule has 2 bridgehead atoms. The second-order valence-electron chi connectivity index (χ2n) is 8.15. The predicted octanol–water partition coefficient (Wildman–Crippen LogP) is 3.51. The van der Waals surface area contributed by atoms with Crippen molar-refractivity contribution in [1.82, 2.24) is 19.9 Å². The normalized spacial score (nSPS) is 23.3. The highest BCUT2D eigenvalue weighted by Gasteiger charge is 2.37. The summed E-state index contributed by atoms with van der Waals surface area (Å²) in [4.78, 5) is 20.9. The fraction of sp³-hybridized carbons (Fsp3) is 0.409. The minimum Gasteiger partial charge on any atom is -0.451 e. The SMILES string of the molecule is CN(C)C(=O)c1cccc(-c2ccc(-c3nc(C4CN5CCC4CC5)no3)o2)c1. The average Bonchev–Trinajstić information content (AvgIpc) is 3.44. The minimum atomic E-state index is -0.0438. The van der Waals surface area contributed by atoms with Gasteiger partial charge < -0.3 is 18.7 Å². The Morgan fingerprint density at radius 3 is 2.66 bits per heavy atom. The fourth-order valence-electron chi connectivity index (χ4n) is 4.41. The number of nitrogens with zero attached hydrogens (tertiary/aromatic N) is 4. The van der Waals surface area contributed by atoms with Gasteiger partial charge in [-0.1, -0.05) is 17.3 Å². The third-order valence-corrected chi connectivity index (χ3v) is 6.05. The molecule has 7 heteroatoms. The van der Waals surface area contributed by atoms with Crippen LogP contribution in [0.2, 0.25) is 0 Å². The number of fused-ring (bicyclic) bond motifs is 3. The molecule has 29 heavy (non-hydrogen) atoms. The zero-order valence-electron chi connectivity index (χ0n) is 16.7. The van der Waals surface area contributed by atoms with Gasteiger partial charge in [-0.2, -0.15) is 4.98 Å². The summed E-state index contributed by atoms with van der Waals surface area (Å²) in [5.41, 5.74) is 1.45. The van der Waals surface area contributed by atoms with Gasteiger partial charge >= 0.3 is 0 Å². The highest BCUT2D eigenvalue weighted by molar-refractivity contribution is 5.95. The number of piperidine rings is 3. The molecule has 0 radical (unpaired) electrons. The lowest BCUT2D eigenvalue weighted by Gasteiger charge is -2.43. The molecule has 1 unspecified atom stereocenters. The molecule has 7 nitrogen and oxygen atoms in total. The van der Waals surface area contributed by atoms with Crippen LogP contribution in [0.3, 0.4) is 0 Å². The van der Waals surface area contributed by atoms with E-state index in [2.05, 4.69) is 15.0 Å². The summed E-state index contributed by atoms with van der Waals surface area (Å²) in [7, 11) is 3.48. The van der Waals surface area contributed by atoms with Gasteiger partial charge in [-0.15, -0.1) is 0 Å². The first-order chi connectivity index (χ1) is 14.1. The van der Waals surface area contributed by atoms with Crippen LogP contribution < -0.4 is 0 Å². The van der Waals surface area contributed by atoms with Gasteiger partial charge in [0.2, 0.25) is 0 Å². The molecule has 0 spiro atoms. The summed E-state index contributed by atoms with van der Waals surface area (Å²) in [6, 6.07) is 11.1. The van der Waals surface area contributed by atoms with Crippen molar-refractivity contribution >= 4 is 5.91 Å². The monoisotopic (exact) mass is 392 g/mol. The van der Waals surface area contributed by atoms with Gasteiger partial charge in [0.25, 0.3) is 11.8 Å². The van der Waals surface area contributed by atoms with E-state index in [4.69, 9.17) is 8.94 Å². The lowest BCUT2D eigenvalue weighted by Crippen LogP contribution is -2.46. The number of rotatable bonds is 4. The molecule has 3 fully saturated rings. The third kappa shape index (κ3) is 3.35.